The van der Waals surface area contributed by atoms with Crippen LogP contribution in [0.5, 0.6) is 0 Å². The number of alkyl halides is 3. The highest BCUT2D eigenvalue weighted by molar-refractivity contribution is 4.90. The first-order valence-corrected chi connectivity index (χ1v) is 7.01. The summed E-state index contributed by atoms with van der Waals surface area (Å²) in [7, 11) is 0. The van der Waals surface area contributed by atoms with Crippen LogP contribution in [0.1, 0.15) is 32.5 Å². The van der Waals surface area contributed by atoms with Crippen LogP contribution in [0.2, 0.25) is 0 Å². The monoisotopic (exact) mass is 309 g/mol. The van der Waals surface area contributed by atoms with Crippen molar-refractivity contribution in [1.82, 2.24) is 15.5 Å². The lowest BCUT2D eigenvalue weighted by atomic mass is 10.0. The number of hydrogen-bond donors (Lipinski definition) is 1. The van der Waals surface area contributed by atoms with E-state index < -0.39 is 12.8 Å². The Balaban J connectivity index is 2.38. The van der Waals surface area contributed by atoms with Crippen molar-refractivity contribution in [2.75, 3.05) is 19.8 Å². The van der Waals surface area contributed by atoms with Crippen molar-refractivity contribution in [3.63, 3.8) is 0 Å². The van der Waals surface area contributed by atoms with Crippen LogP contribution < -0.4 is 5.32 Å². The minimum Gasteiger partial charge on any atom is -0.372 e. The third kappa shape index (κ3) is 7.42. The summed E-state index contributed by atoms with van der Waals surface area (Å²) in [5.74, 6) is 1.27. The van der Waals surface area contributed by atoms with E-state index in [9.17, 15) is 13.2 Å². The topological polar surface area (TPSA) is 60.2 Å². The van der Waals surface area contributed by atoms with E-state index in [1.807, 2.05) is 6.92 Å². The van der Waals surface area contributed by atoms with Crippen molar-refractivity contribution in [2.45, 2.75) is 45.8 Å². The van der Waals surface area contributed by atoms with Crippen LogP contribution in [-0.2, 0) is 17.6 Å². The van der Waals surface area contributed by atoms with Gasteiger partial charge in [0.15, 0.2) is 5.82 Å². The lowest BCUT2D eigenvalue weighted by molar-refractivity contribution is -0.173. The van der Waals surface area contributed by atoms with Crippen molar-refractivity contribution < 1.29 is 22.4 Å². The first-order valence-electron chi connectivity index (χ1n) is 7.01. The largest absolute Gasteiger partial charge is 0.411 e. The van der Waals surface area contributed by atoms with E-state index in [1.54, 1.807) is 0 Å². The van der Waals surface area contributed by atoms with E-state index in [4.69, 9.17) is 4.52 Å². The summed E-state index contributed by atoms with van der Waals surface area (Å²) < 4.78 is 45.3. The summed E-state index contributed by atoms with van der Waals surface area (Å²) in [5.41, 5.74) is 0. The maximum atomic E-state index is 11.9. The number of rotatable bonds is 9. The average molecular weight is 309 g/mol. The maximum Gasteiger partial charge on any atom is 0.411 e. The maximum absolute atomic E-state index is 11.9. The molecule has 8 heteroatoms. The molecular formula is C13H22F3N3O2. The Hall–Kier alpha value is -1.15. The van der Waals surface area contributed by atoms with Crippen LogP contribution in [0.3, 0.4) is 0 Å². The van der Waals surface area contributed by atoms with E-state index in [2.05, 4.69) is 34.0 Å². The van der Waals surface area contributed by atoms with E-state index in [0.29, 0.717) is 24.1 Å². The number of nitrogens with zero attached hydrogens (tertiary/aromatic N) is 2. The summed E-state index contributed by atoms with van der Waals surface area (Å²) in [6.07, 6.45) is -3.51. The molecule has 1 N–H and O–H groups in total. The number of nitrogens with one attached hydrogen (secondary N) is 1. The van der Waals surface area contributed by atoms with Crippen molar-refractivity contribution in [3.05, 3.63) is 11.7 Å². The van der Waals surface area contributed by atoms with Gasteiger partial charge in [0, 0.05) is 18.9 Å². The van der Waals surface area contributed by atoms with Gasteiger partial charge in [-0.15, -0.1) is 0 Å². The Morgan fingerprint density at radius 3 is 2.62 bits per heavy atom. The van der Waals surface area contributed by atoms with Gasteiger partial charge in [-0.05, 0) is 12.5 Å². The predicted octanol–water partition coefficient (Wildman–Crippen LogP) is 2.37. The molecule has 0 aromatic carbocycles. The molecule has 0 amide bonds. The van der Waals surface area contributed by atoms with Gasteiger partial charge in [0.25, 0.3) is 0 Å². The van der Waals surface area contributed by atoms with E-state index in [1.165, 1.54) is 0 Å². The second kappa shape index (κ2) is 8.33. The van der Waals surface area contributed by atoms with Crippen molar-refractivity contribution in [3.8, 4) is 0 Å². The number of halogens is 3. The fourth-order valence-corrected chi connectivity index (χ4v) is 1.82. The van der Waals surface area contributed by atoms with Crippen LogP contribution in [0.15, 0.2) is 4.52 Å². The molecule has 0 saturated heterocycles. The van der Waals surface area contributed by atoms with Crippen LogP contribution >= 0.6 is 0 Å². The van der Waals surface area contributed by atoms with Crippen LogP contribution in [-0.4, -0.2) is 42.1 Å². The molecule has 1 aromatic rings. The number of aromatic nitrogens is 2. The highest BCUT2D eigenvalue weighted by Gasteiger charge is 2.27. The normalized spacial score (nSPS) is 13.9. The average Bonchev–Trinajstić information content (AvgIpc) is 2.80. The molecule has 0 aliphatic heterocycles. The molecule has 0 aliphatic carbocycles. The Morgan fingerprint density at radius 1 is 1.33 bits per heavy atom. The van der Waals surface area contributed by atoms with Gasteiger partial charge >= 0.3 is 6.18 Å². The Labute approximate surface area is 122 Å². The third-order valence-electron chi connectivity index (χ3n) is 2.91. The van der Waals surface area contributed by atoms with Crippen molar-refractivity contribution in [2.24, 2.45) is 5.92 Å². The molecule has 0 bridgehead atoms. The number of ether oxygens (including phenoxy) is 1. The minimum atomic E-state index is -4.31. The molecule has 1 atom stereocenters. The zero-order valence-electron chi connectivity index (χ0n) is 12.5. The predicted molar refractivity (Wildman–Crippen MR) is 70.9 cm³/mol. The summed E-state index contributed by atoms with van der Waals surface area (Å²) in [4.78, 5) is 4.17. The molecule has 5 nitrogen and oxygen atoms in total. The van der Waals surface area contributed by atoms with Gasteiger partial charge in [0.1, 0.15) is 6.61 Å². The molecule has 21 heavy (non-hydrogen) atoms. The third-order valence-corrected chi connectivity index (χ3v) is 2.91. The first kappa shape index (κ1) is 17.9. The van der Waals surface area contributed by atoms with Crippen LogP contribution in [0, 0.1) is 5.92 Å². The standard InChI is InChI=1S/C13H22F3N3O2/c1-4-17-10(9(2)3)7-12-18-11(19-21-12)5-6-20-8-13(14,15)16/h9-10,17H,4-8H2,1-3H3. The Morgan fingerprint density at radius 2 is 2.05 bits per heavy atom. The SMILES string of the molecule is CCNC(Cc1nc(CCOCC(F)(F)F)no1)C(C)C. The lowest BCUT2D eigenvalue weighted by Gasteiger charge is -2.19. The molecule has 0 radical (unpaired) electrons. The highest BCUT2D eigenvalue weighted by atomic mass is 19.4. The molecule has 1 aromatic heterocycles. The van der Waals surface area contributed by atoms with Gasteiger partial charge in [0.05, 0.1) is 6.61 Å². The summed E-state index contributed by atoms with van der Waals surface area (Å²) in [6.45, 7) is 5.71. The smallest absolute Gasteiger partial charge is 0.372 e. The molecule has 122 valence electrons. The molecule has 0 fully saturated rings. The quantitative estimate of drug-likeness (QED) is 0.710. The zero-order valence-corrected chi connectivity index (χ0v) is 12.5. The number of hydrogen-bond acceptors (Lipinski definition) is 5. The second-order valence-electron chi connectivity index (χ2n) is 5.13. The fraction of sp³-hybridized carbons (Fsp3) is 0.846. The zero-order chi connectivity index (χ0) is 15.9. The molecule has 1 unspecified atom stereocenters. The molecule has 1 heterocycles. The van der Waals surface area contributed by atoms with Gasteiger partial charge in [-0.1, -0.05) is 25.9 Å². The van der Waals surface area contributed by atoms with E-state index >= 15 is 0 Å². The number of likely N-dealkylation sites (N-methyl/N-ethyl adjacent to an activating group) is 1. The van der Waals surface area contributed by atoms with E-state index in [0.717, 1.165) is 6.54 Å². The van der Waals surface area contributed by atoms with Crippen LogP contribution in [0.4, 0.5) is 13.2 Å². The van der Waals surface area contributed by atoms with Gasteiger partial charge in [-0.3, -0.25) is 0 Å². The van der Waals surface area contributed by atoms with Gasteiger partial charge < -0.3 is 14.6 Å². The minimum absolute atomic E-state index is 0.0840. The van der Waals surface area contributed by atoms with Crippen LogP contribution in [0.25, 0.3) is 0 Å². The highest BCUT2D eigenvalue weighted by Crippen LogP contribution is 2.14. The van der Waals surface area contributed by atoms with Crippen molar-refractivity contribution in [1.29, 1.82) is 0 Å². The Kier molecular flexibility index (Phi) is 7.10. The molecule has 0 aliphatic rings. The van der Waals surface area contributed by atoms with Crippen molar-refractivity contribution >= 4 is 0 Å². The fourth-order valence-electron chi connectivity index (χ4n) is 1.82. The molecular weight excluding hydrogens is 287 g/mol. The van der Waals surface area contributed by atoms with Gasteiger partial charge in [-0.25, -0.2) is 0 Å². The lowest BCUT2D eigenvalue weighted by Crippen LogP contribution is -2.35. The van der Waals surface area contributed by atoms with Gasteiger partial charge in [-0.2, -0.15) is 18.2 Å². The first-order chi connectivity index (χ1) is 9.81. The molecule has 0 saturated carbocycles. The van der Waals surface area contributed by atoms with Gasteiger partial charge in [0.2, 0.25) is 5.89 Å². The summed E-state index contributed by atoms with van der Waals surface area (Å²) in [5, 5.41) is 7.08. The van der Waals surface area contributed by atoms with E-state index in [-0.39, 0.29) is 19.1 Å². The summed E-state index contributed by atoms with van der Waals surface area (Å²) >= 11 is 0. The summed E-state index contributed by atoms with van der Waals surface area (Å²) in [6, 6.07) is 0.227. The molecule has 1 rings (SSSR count). The molecule has 0 spiro atoms. The second-order valence-corrected chi connectivity index (χ2v) is 5.13. The Bertz CT molecular complexity index is 408.